The second-order valence-corrected chi connectivity index (χ2v) is 4.97. The Morgan fingerprint density at radius 1 is 1.39 bits per heavy atom. The highest BCUT2D eigenvalue weighted by Crippen LogP contribution is 2.31. The van der Waals surface area contributed by atoms with Crippen molar-refractivity contribution in [2.75, 3.05) is 11.4 Å². The molecule has 0 atom stereocenters. The number of rotatable bonds is 3. The van der Waals surface area contributed by atoms with Crippen molar-refractivity contribution in [3.8, 4) is 0 Å². The van der Waals surface area contributed by atoms with Crippen molar-refractivity contribution in [3.63, 3.8) is 0 Å². The summed E-state index contributed by atoms with van der Waals surface area (Å²) in [4.78, 5) is 6.19. The van der Waals surface area contributed by atoms with Crippen LogP contribution in [0.2, 0.25) is 5.02 Å². The van der Waals surface area contributed by atoms with Gasteiger partial charge in [-0.15, -0.1) is 0 Å². The second-order valence-electron chi connectivity index (χ2n) is 3.68. The molecule has 0 amide bonds. The zero-order chi connectivity index (χ0) is 13.1. The summed E-state index contributed by atoms with van der Waals surface area (Å²) >= 11 is 9.29. The van der Waals surface area contributed by atoms with Gasteiger partial charge in [-0.3, -0.25) is 0 Å². The molecule has 2 aromatic rings. The van der Waals surface area contributed by atoms with Gasteiger partial charge in [-0.2, -0.15) is 0 Å². The van der Waals surface area contributed by atoms with E-state index in [2.05, 4.69) is 20.9 Å². The predicted molar refractivity (Wildman–Crippen MR) is 76.0 cm³/mol. The van der Waals surface area contributed by atoms with Gasteiger partial charge < -0.3 is 4.90 Å². The lowest BCUT2D eigenvalue weighted by Gasteiger charge is -2.23. The average Bonchev–Trinajstić information content (AvgIpc) is 2.33. The Morgan fingerprint density at radius 2 is 2.17 bits per heavy atom. The van der Waals surface area contributed by atoms with Gasteiger partial charge >= 0.3 is 0 Å². The second kappa shape index (κ2) is 5.67. The number of anilines is 2. The summed E-state index contributed by atoms with van der Waals surface area (Å²) in [6, 6.07) is 8.19. The van der Waals surface area contributed by atoms with E-state index in [0.29, 0.717) is 17.4 Å². The number of benzene rings is 1. The molecule has 0 bridgehead atoms. The number of pyridine rings is 1. The normalized spacial score (nSPS) is 10.4. The minimum Gasteiger partial charge on any atom is -0.326 e. The molecule has 0 saturated carbocycles. The van der Waals surface area contributed by atoms with Crippen LogP contribution in [0.3, 0.4) is 0 Å². The van der Waals surface area contributed by atoms with Crippen LogP contribution >= 0.6 is 27.5 Å². The smallest absolute Gasteiger partial charge is 0.147 e. The molecule has 0 radical (unpaired) electrons. The van der Waals surface area contributed by atoms with Crippen molar-refractivity contribution < 1.29 is 4.39 Å². The molecule has 1 aromatic heterocycles. The van der Waals surface area contributed by atoms with Crippen LogP contribution in [-0.4, -0.2) is 11.5 Å². The van der Waals surface area contributed by atoms with E-state index in [1.807, 2.05) is 17.9 Å². The summed E-state index contributed by atoms with van der Waals surface area (Å²) in [5.41, 5.74) is 0.757. The molecule has 0 aliphatic heterocycles. The number of hydrogen-bond acceptors (Lipinski definition) is 2. The Hall–Kier alpha value is -1.13. The molecule has 2 rings (SSSR count). The first-order valence-electron chi connectivity index (χ1n) is 5.46. The third kappa shape index (κ3) is 2.82. The van der Waals surface area contributed by atoms with Gasteiger partial charge in [-0.1, -0.05) is 17.7 Å². The minimum absolute atomic E-state index is 0.268. The van der Waals surface area contributed by atoms with Crippen molar-refractivity contribution in [2.24, 2.45) is 0 Å². The Morgan fingerprint density at radius 3 is 2.78 bits per heavy atom. The lowest BCUT2D eigenvalue weighted by atomic mass is 10.2. The monoisotopic (exact) mass is 328 g/mol. The van der Waals surface area contributed by atoms with Crippen LogP contribution in [0.5, 0.6) is 0 Å². The summed E-state index contributed by atoms with van der Waals surface area (Å²) in [6.45, 7) is 2.66. The van der Waals surface area contributed by atoms with E-state index in [4.69, 9.17) is 11.6 Å². The molecular weight excluding hydrogens is 319 g/mol. The van der Waals surface area contributed by atoms with E-state index in [1.54, 1.807) is 18.3 Å². The highest BCUT2D eigenvalue weighted by Gasteiger charge is 2.13. The third-order valence-electron chi connectivity index (χ3n) is 2.48. The molecule has 1 heterocycles. The van der Waals surface area contributed by atoms with Gasteiger partial charge in [0, 0.05) is 18.4 Å². The lowest BCUT2D eigenvalue weighted by Crippen LogP contribution is -2.18. The molecule has 1 aromatic carbocycles. The Labute approximate surface area is 119 Å². The number of hydrogen-bond donors (Lipinski definition) is 0. The fraction of sp³-hybridized carbons (Fsp3) is 0.154. The Balaban J connectivity index is 2.45. The van der Waals surface area contributed by atoms with Crippen LogP contribution in [0, 0.1) is 5.82 Å². The first kappa shape index (κ1) is 13.3. The van der Waals surface area contributed by atoms with Gasteiger partial charge in [0.05, 0.1) is 9.50 Å². The maximum Gasteiger partial charge on any atom is 0.147 e. The number of aromatic nitrogens is 1. The zero-order valence-electron chi connectivity index (χ0n) is 9.70. The molecule has 18 heavy (non-hydrogen) atoms. The van der Waals surface area contributed by atoms with Crippen LogP contribution < -0.4 is 4.90 Å². The fourth-order valence-electron chi connectivity index (χ4n) is 1.70. The van der Waals surface area contributed by atoms with Crippen molar-refractivity contribution in [2.45, 2.75) is 6.92 Å². The van der Waals surface area contributed by atoms with E-state index in [0.717, 1.165) is 10.2 Å². The van der Waals surface area contributed by atoms with E-state index < -0.39 is 0 Å². The predicted octanol–water partition coefficient (Wildman–Crippen LogP) is 4.79. The average molecular weight is 330 g/mol. The summed E-state index contributed by atoms with van der Waals surface area (Å²) in [7, 11) is 0. The molecule has 0 aliphatic rings. The molecule has 0 unspecified atom stereocenters. The van der Waals surface area contributed by atoms with E-state index in [9.17, 15) is 4.39 Å². The molecule has 0 fully saturated rings. The molecule has 0 saturated heterocycles. The van der Waals surface area contributed by atoms with Crippen LogP contribution in [-0.2, 0) is 0 Å². The van der Waals surface area contributed by atoms with E-state index >= 15 is 0 Å². The first-order valence-corrected chi connectivity index (χ1v) is 6.63. The Bertz CT molecular complexity index is 562. The van der Waals surface area contributed by atoms with Crippen molar-refractivity contribution >= 4 is 39.0 Å². The van der Waals surface area contributed by atoms with Gasteiger partial charge in [0.15, 0.2) is 0 Å². The van der Waals surface area contributed by atoms with Crippen LogP contribution in [0.1, 0.15) is 6.92 Å². The van der Waals surface area contributed by atoms with Crippen LogP contribution in [0.15, 0.2) is 41.0 Å². The highest BCUT2D eigenvalue weighted by atomic mass is 79.9. The standard InChI is InChI=1S/C13H11BrClFN2/c1-2-18(11-5-3-4-10(16)7-11)13-12(14)6-9(15)8-17-13/h3-8H,2H2,1H3. The van der Waals surface area contributed by atoms with Gasteiger partial charge in [0.25, 0.3) is 0 Å². The van der Waals surface area contributed by atoms with Gasteiger partial charge in [0.1, 0.15) is 11.6 Å². The highest BCUT2D eigenvalue weighted by molar-refractivity contribution is 9.10. The first-order chi connectivity index (χ1) is 8.61. The zero-order valence-corrected chi connectivity index (χ0v) is 12.0. The summed E-state index contributed by atoms with van der Waals surface area (Å²) in [5.74, 6) is 0.448. The van der Waals surface area contributed by atoms with Gasteiger partial charge in [-0.05, 0) is 47.1 Å². The number of halogens is 3. The van der Waals surface area contributed by atoms with Crippen LogP contribution in [0.4, 0.5) is 15.9 Å². The molecule has 94 valence electrons. The van der Waals surface area contributed by atoms with Crippen LogP contribution in [0.25, 0.3) is 0 Å². The summed E-state index contributed by atoms with van der Waals surface area (Å²) < 4.78 is 14.0. The van der Waals surface area contributed by atoms with E-state index in [1.165, 1.54) is 12.1 Å². The lowest BCUT2D eigenvalue weighted by molar-refractivity contribution is 0.627. The third-order valence-corrected chi connectivity index (χ3v) is 3.27. The maximum absolute atomic E-state index is 13.3. The quantitative estimate of drug-likeness (QED) is 0.804. The molecule has 0 N–H and O–H groups in total. The maximum atomic E-state index is 13.3. The van der Waals surface area contributed by atoms with E-state index in [-0.39, 0.29) is 5.82 Å². The fourth-order valence-corrected chi connectivity index (χ4v) is 2.56. The summed E-state index contributed by atoms with van der Waals surface area (Å²) in [6.07, 6.45) is 1.57. The summed E-state index contributed by atoms with van der Waals surface area (Å²) in [5, 5.41) is 0.556. The molecular formula is C13H11BrClFN2. The molecule has 2 nitrogen and oxygen atoms in total. The van der Waals surface area contributed by atoms with Crippen molar-refractivity contribution in [1.82, 2.24) is 4.98 Å². The Kier molecular flexibility index (Phi) is 4.19. The van der Waals surface area contributed by atoms with Crippen molar-refractivity contribution in [1.29, 1.82) is 0 Å². The molecule has 5 heteroatoms. The number of nitrogens with zero attached hydrogens (tertiary/aromatic N) is 2. The minimum atomic E-state index is -0.268. The largest absolute Gasteiger partial charge is 0.326 e. The topological polar surface area (TPSA) is 16.1 Å². The van der Waals surface area contributed by atoms with Gasteiger partial charge in [-0.25, -0.2) is 9.37 Å². The molecule has 0 spiro atoms. The van der Waals surface area contributed by atoms with Crippen molar-refractivity contribution in [3.05, 3.63) is 51.8 Å². The SMILES string of the molecule is CCN(c1cccc(F)c1)c1ncc(Cl)cc1Br. The van der Waals surface area contributed by atoms with Gasteiger partial charge in [0.2, 0.25) is 0 Å². The molecule has 0 aliphatic carbocycles.